The second kappa shape index (κ2) is 4.25. The Morgan fingerprint density at radius 3 is 2.22 bits per heavy atom. The number of hydrogen-bond acceptors (Lipinski definition) is 4. The first kappa shape index (κ1) is 13.4. The average Bonchev–Trinajstić information content (AvgIpc) is 2.48. The van der Waals surface area contributed by atoms with Gasteiger partial charge in [-0.15, -0.1) is 0 Å². The molecular weight excluding hydrogens is 229 g/mol. The topological polar surface area (TPSA) is 40.6 Å². The van der Waals surface area contributed by atoms with Gasteiger partial charge in [0.25, 0.3) is 0 Å². The third kappa shape index (κ3) is 2.13. The van der Waals surface area contributed by atoms with E-state index in [1.54, 1.807) is 13.3 Å². The summed E-state index contributed by atoms with van der Waals surface area (Å²) in [5.74, 6) is 0.713. The van der Waals surface area contributed by atoms with Gasteiger partial charge in [0.15, 0.2) is 0 Å². The van der Waals surface area contributed by atoms with Crippen LogP contribution in [0.1, 0.15) is 33.4 Å². The van der Waals surface area contributed by atoms with E-state index in [1.165, 1.54) is 0 Å². The third-order valence-corrected chi connectivity index (χ3v) is 3.84. The van der Waals surface area contributed by atoms with Crippen LogP contribution in [0.5, 0.6) is 5.75 Å². The molecule has 0 N–H and O–H groups in total. The SMILES string of the molecule is COc1cnc(C)c(B2OC(C)(C)C(C)(C)O2)c1. The Bertz CT molecular complexity index is 444. The lowest BCUT2D eigenvalue weighted by Gasteiger charge is -2.32. The van der Waals surface area contributed by atoms with Crippen LogP contribution in [0.4, 0.5) is 0 Å². The quantitative estimate of drug-likeness (QED) is 0.748. The summed E-state index contributed by atoms with van der Waals surface area (Å²) in [5, 5.41) is 0. The van der Waals surface area contributed by atoms with Gasteiger partial charge in [-0.3, -0.25) is 4.98 Å². The zero-order valence-electron chi connectivity index (χ0n) is 11.9. The van der Waals surface area contributed by atoms with E-state index in [9.17, 15) is 0 Å². The Morgan fingerprint density at radius 1 is 1.17 bits per heavy atom. The summed E-state index contributed by atoms with van der Waals surface area (Å²) in [6.07, 6.45) is 1.70. The fourth-order valence-corrected chi connectivity index (χ4v) is 1.85. The summed E-state index contributed by atoms with van der Waals surface area (Å²) < 4.78 is 17.2. The van der Waals surface area contributed by atoms with Gasteiger partial charge >= 0.3 is 7.12 Å². The zero-order valence-corrected chi connectivity index (χ0v) is 11.9. The van der Waals surface area contributed by atoms with Crippen LogP contribution in [0.3, 0.4) is 0 Å². The van der Waals surface area contributed by atoms with Gasteiger partial charge in [0.05, 0.1) is 24.5 Å². The molecule has 0 amide bonds. The number of methoxy groups -OCH3 is 1. The van der Waals surface area contributed by atoms with E-state index >= 15 is 0 Å². The average molecular weight is 249 g/mol. The highest BCUT2D eigenvalue weighted by Gasteiger charge is 2.52. The van der Waals surface area contributed by atoms with Crippen molar-refractivity contribution in [2.24, 2.45) is 0 Å². The molecule has 0 bridgehead atoms. The van der Waals surface area contributed by atoms with E-state index in [0.29, 0.717) is 5.75 Å². The van der Waals surface area contributed by atoms with E-state index in [0.717, 1.165) is 11.2 Å². The molecule has 98 valence electrons. The van der Waals surface area contributed by atoms with Gasteiger partial charge < -0.3 is 14.0 Å². The molecule has 1 aliphatic rings. The minimum atomic E-state index is -0.391. The fraction of sp³-hybridized carbons (Fsp3) is 0.615. The fourth-order valence-electron chi connectivity index (χ4n) is 1.85. The van der Waals surface area contributed by atoms with Crippen LogP contribution in [-0.2, 0) is 9.31 Å². The molecular formula is C13H20BNO3. The number of aryl methyl sites for hydroxylation is 1. The molecule has 0 unspecified atom stereocenters. The van der Waals surface area contributed by atoms with Crippen LogP contribution in [0.25, 0.3) is 0 Å². The monoisotopic (exact) mass is 249 g/mol. The molecule has 0 radical (unpaired) electrons. The van der Waals surface area contributed by atoms with E-state index in [4.69, 9.17) is 14.0 Å². The molecule has 0 aromatic carbocycles. The Balaban J connectivity index is 2.34. The van der Waals surface area contributed by atoms with Gasteiger partial charge in [-0.25, -0.2) is 0 Å². The largest absolute Gasteiger partial charge is 0.496 e. The highest BCUT2D eigenvalue weighted by atomic mass is 16.7. The smallest absolute Gasteiger partial charge is 0.495 e. The van der Waals surface area contributed by atoms with Crippen LogP contribution < -0.4 is 10.2 Å². The number of nitrogens with zero attached hydrogens (tertiary/aromatic N) is 1. The lowest BCUT2D eigenvalue weighted by Crippen LogP contribution is -2.41. The summed E-state index contributed by atoms with van der Waals surface area (Å²) in [6.45, 7) is 10.1. The van der Waals surface area contributed by atoms with Crippen molar-refractivity contribution >= 4 is 12.6 Å². The van der Waals surface area contributed by atoms with Crippen molar-refractivity contribution in [2.75, 3.05) is 7.11 Å². The van der Waals surface area contributed by atoms with Crippen molar-refractivity contribution < 1.29 is 14.0 Å². The first-order valence-corrected chi connectivity index (χ1v) is 6.13. The number of hydrogen-bond donors (Lipinski definition) is 0. The summed E-state index contributed by atoms with van der Waals surface area (Å²) in [5.41, 5.74) is 1.14. The Hall–Kier alpha value is -1.07. The van der Waals surface area contributed by atoms with Gasteiger partial charge in [0.2, 0.25) is 0 Å². The molecule has 1 saturated heterocycles. The van der Waals surface area contributed by atoms with Crippen molar-refractivity contribution in [1.82, 2.24) is 4.98 Å². The molecule has 0 spiro atoms. The van der Waals surface area contributed by atoms with Gasteiger partial charge in [0.1, 0.15) is 5.75 Å². The van der Waals surface area contributed by atoms with Gasteiger partial charge in [-0.05, 0) is 40.7 Å². The Morgan fingerprint density at radius 2 is 1.72 bits per heavy atom. The van der Waals surface area contributed by atoms with Gasteiger partial charge in [-0.2, -0.15) is 0 Å². The van der Waals surface area contributed by atoms with Crippen LogP contribution in [0, 0.1) is 6.92 Å². The first-order chi connectivity index (χ1) is 8.27. The predicted molar refractivity (Wildman–Crippen MR) is 71.2 cm³/mol. The first-order valence-electron chi connectivity index (χ1n) is 6.13. The molecule has 1 fully saturated rings. The molecule has 0 aliphatic carbocycles. The highest BCUT2D eigenvalue weighted by molar-refractivity contribution is 6.62. The van der Waals surface area contributed by atoms with Crippen LogP contribution in [-0.4, -0.2) is 30.4 Å². The Labute approximate surface area is 109 Å². The standard InChI is InChI=1S/C13H20BNO3/c1-9-11(7-10(16-6)8-15-9)14-17-12(2,3)13(4,5)18-14/h7-8H,1-6H3. The molecule has 2 heterocycles. The zero-order chi connectivity index (χ0) is 13.6. The number of pyridine rings is 1. The predicted octanol–water partition coefficient (Wildman–Crippen LogP) is 1.70. The van der Waals surface area contributed by atoms with E-state index < -0.39 is 7.12 Å². The maximum atomic E-state index is 6.01. The number of aromatic nitrogens is 1. The van der Waals surface area contributed by atoms with Gasteiger partial charge in [-0.1, -0.05) is 0 Å². The number of rotatable bonds is 2. The van der Waals surface area contributed by atoms with Crippen molar-refractivity contribution in [1.29, 1.82) is 0 Å². The minimum Gasteiger partial charge on any atom is -0.495 e. The summed E-state index contributed by atoms with van der Waals surface area (Å²) in [4.78, 5) is 4.31. The summed E-state index contributed by atoms with van der Waals surface area (Å²) in [7, 11) is 1.23. The van der Waals surface area contributed by atoms with Crippen LogP contribution >= 0.6 is 0 Å². The normalized spacial score (nSPS) is 21.1. The van der Waals surface area contributed by atoms with E-state index in [1.807, 2.05) is 40.7 Å². The lowest BCUT2D eigenvalue weighted by molar-refractivity contribution is 0.00578. The molecule has 2 rings (SSSR count). The molecule has 18 heavy (non-hydrogen) atoms. The number of ether oxygens (including phenoxy) is 1. The highest BCUT2D eigenvalue weighted by Crippen LogP contribution is 2.36. The lowest BCUT2D eigenvalue weighted by atomic mass is 9.78. The van der Waals surface area contributed by atoms with Crippen molar-refractivity contribution in [2.45, 2.75) is 45.8 Å². The third-order valence-electron chi connectivity index (χ3n) is 3.84. The summed E-state index contributed by atoms with van der Waals surface area (Å²) >= 11 is 0. The molecule has 5 heteroatoms. The van der Waals surface area contributed by atoms with Crippen LogP contribution in [0.2, 0.25) is 0 Å². The van der Waals surface area contributed by atoms with Crippen molar-refractivity contribution in [3.63, 3.8) is 0 Å². The molecule has 4 nitrogen and oxygen atoms in total. The van der Waals surface area contributed by atoms with E-state index in [2.05, 4.69) is 4.98 Å². The maximum absolute atomic E-state index is 6.01. The van der Waals surface area contributed by atoms with Crippen molar-refractivity contribution in [3.8, 4) is 5.75 Å². The minimum absolute atomic E-state index is 0.340. The molecule has 1 aliphatic heterocycles. The van der Waals surface area contributed by atoms with Gasteiger partial charge in [0, 0.05) is 11.2 Å². The second-order valence-corrected chi connectivity index (χ2v) is 5.64. The Kier molecular flexibility index (Phi) is 3.15. The molecule has 1 aromatic rings. The maximum Gasteiger partial charge on any atom is 0.496 e. The van der Waals surface area contributed by atoms with Crippen molar-refractivity contribution in [3.05, 3.63) is 18.0 Å². The van der Waals surface area contributed by atoms with Crippen LogP contribution in [0.15, 0.2) is 12.3 Å². The van der Waals surface area contributed by atoms with E-state index in [-0.39, 0.29) is 11.2 Å². The molecule has 0 atom stereocenters. The second-order valence-electron chi connectivity index (χ2n) is 5.64. The molecule has 1 aromatic heterocycles. The molecule has 0 saturated carbocycles. The summed E-state index contributed by atoms with van der Waals surface area (Å²) in [6, 6.07) is 1.92.